The molecule has 0 spiro atoms. The van der Waals surface area contributed by atoms with Crippen LogP contribution in [0.4, 0.5) is 5.95 Å². The number of nitrogens with one attached hydrogen (secondary N) is 1. The summed E-state index contributed by atoms with van der Waals surface area (Å²) in [5.41, 5.74) is 6.60. The van der Waals surface area contributed by atoms with Crippen molar-refractivity contribution in [3.05, 3.63) is 22.1 Å². The van der Waals surface area contributed by atoms with E-state index < -0.39 is 0 Å². The second-order valence-electron chi connectivity index (χ2n) is 4.97. The van der Waals surface area contributed by atoms with Crippen molar-refractivity contribution < 1.29 is 0 Å². The summed E-state index contributed by atoms with van der Waals surface area (Å²) < 4.78 is 1.38. The Balaban J connectivity index is 2.01. The van der Waals surface area contributed by atoms with E-state index in [-0.39, 0.29) is 11.6 Å². The maximum Gasteiger partial charge on any atom is 0.274 e. The zero-order valence-corrected chi connectivity index (χ0v) is 11.0. The zero-order valence-electron chi connectivity index (χ0n) is 11.0. The van der Waals surface area contributed by atoms with Crippen molar-refractivity contribution in [3.8, 4) is 0 Å². The molecule has 0 radical (unpaired) electrons. The van der Waals surface area contributed by atoms with Crippen LogP contribution in [0.2, 0.25) is 0 Å². The second kappa shape index (κ2) is 4.65. The highest BCUT2D eigenvalue weighted by molar-refractivity contribution is 5.40. The molecule has 1 aliphatic rings. The first-order valence-electron chi connectivity index (χ1n) is 6.66. The van der Waals surface area contributed by atoms with Gasteiger partial charge in [-0.15, -0.1) is 0 Å². The zero-order chi connectivity index (χ0) is 13.4. The largest absolute Gasteiger partial charge is 0.340 e. The molecule has 0 aliphatic carbocycles. The fourth-order valence-corrected chi connectivity index (χ4v) is 2.44. The van der Waals surface area contributed by atoms with Gasteiger partial charge in [0.15, 0.2) is 0 Å². The van der Waals surface area contributed by atoms with E-state index >= 15 is 0 Å². The van der Waals surface area contributed by atoms with E-state index in [1.54, 1.807) is 0 Å². The van der Waals surface area contributed by atoms with Crippen LogP contribution in [0.5, 0.6) is 0 Å². The Morgan fingerprint density at radius 3 is 3.11 bits per heavy atom. The first-order valence-corrected chi connectivity index (χ1v) is 6.66. The molecule has 2 aromatic rings. The summed E-state index contributed by atoms with van der Waals surface area (Å²) in [4.78, 5) is 22.8. The van der Waals surface area contributed by atoms with Gasteiger partial charge in [-0.3, -0.25) is 9.89 Å². The van der Waals surface area contributed by atoms with Crippen LogP contribution in [0.1, 0.15) is 25.5 Å². The average molecular weight is 262 g/mol. The predicted octanol–water partition coefficient (Wildman–Crippen LogP) is -0.0925. The summed E-state index contributed by atoms with van der Waals surface area (Å²) in [6, 6.07) is 1.70. The van der Waals surface area contributed by atoms with Crippen LogP contribution in [-0.2, 0) is 6.42 Å². The lowest BCUT2D eigenvalue weighted by Crippen LogP contribution is -2.43. The number of aromatic nitrogens is 4. The third-order valence-corrected chi connectivity index (χ3v) is 3.49. The monoisotopic (exact) mass is 262 g/mol. The molecule has 0 aromatic carbocycles. The molecule has 7 heteroatoms. The fourth-order valence-electron chi connectivity index (χ4n) is 2.44. The molecule has 1 saturated heterocycles. The van der Waals surface area contributed by atoms with E-state index in [0.717, 1.165) is 38.0 Å². The summed E-state index contributed by atoms with van der Waals surface area (Å²) in [7, 11) is 0. The van der Waals surface area contributed by atoms with E-state index in [9.17, 15) is 4.79 Å². The van der Waals surface area contributed by atoms with Crippen LogP contribution < -0.4 is 16.2 Å². The normalized spacial score (nSPS) is 20.1. The van der Waals surface area contributed by atoms with Gasteiger partial charge in [0.2, 0.25) is 5.95 Å². The van der Waals surface area contributed by atoms with Crippen LogP contribution in [0.25, 0.3) is 5.78 Å². The van der Waals surface area contributed by atoms with Gasteiger partial charge in [0.1, 0.15) is 0 Å². The highest BCUT2D eigenvalue weighted by atomic mass is 16.1. The smallest absolute Gasteiger partial charge is 0.274 e. The minimum atomic E-state index is -0.123. The SMILES string of the molecule is CCc1cc(=O)n2[nH]c(N3CCC[C@H](N)C3)nc2n1. The van der Waals surface area contributed by atoms with Crippen LogP contribution >= 0.6 is 0 Å². The number of fused-ring (bicyclic) bond motifs is 1. The number of aromatic amines is 1. The Bertz CT molecular complexity index is 645. The van der Waals surface area contributed by atoms with E-state index in [2.05, 4.69) is 20.0 Å². The topological polar surface area (TPSA) is 92.3 Å². The number of H-pyrrole nitrogens is 1. The van der Waals surface area contributed by atoms with Crippen LogP contribution in [0.15, 0.2) is 10.9 Å². The summed E-state index contributed by atoms with van der Waals surface area (Å²) in [6.07, 6.45) is 2.80. The van der Waals surface area contributed by atoms with Gasteiger partial charge in [-0.2, -0.15) is 9.50 Å². The van der Waals surface area contributed by atoms with Crippen LogP contribution in [0, 0.1) is 0 Å². The van der Waals surface area contributed by atoms with Gasteiger partial charge in [0.05, 0.1) is 0 Å². The van der Waals surface area contributed by atoms with E-state index in [4.69, 9.17) is 5.73 Å². The highest BCUT2D eigenvalue weighted by Crippen LogP contribution is 2.15. The molecule has 0 saturated carbocycles. The van der Waals surface area contributed by atoms with Crippen molar-refractivity contribution in [1.29, 1.82) is 0 Å². The average Bonchev–Trinajstić information content (AvgIpc) is 2.83. The predicted molar refractivity (Wildman–Crippen MR) is 72.4 cm³/mol. The van der Waals surface area contributed by atoms with Crippen molar-refractivity contribution in [2.24, 2.45) is 5.73 Å². The number of anilines is 1. The number of hydrogen-bond donors (Lipinski definition) is 2. The van der Waals surface area contributed by atoms with Crippen molar-refractivity contribution in [3.63, 3.8) is 0 Å². The molecule has 3 heterocycles. The van der Waals surface area contributed by atoms with Gasteiger partial charge >= 0.3 is 0 Å². The van der Waals surface area contributed by atoms with Gasteiger partial charge in [-0.25, -0.2) is 4.98 Å². The molecular formula is C12H18N6O. The molecule has 0 unspecified atom stereocenters. The lowest BCUT2D eigenvalue weighted by Gasteiger charge is -2.29. The molecule has 0 bridgehead atoms. The van der Waals surface area contributed by atoms with Crippen molar-refractivity contribution >= 4 is 11.7 Å². The second-order valence-corrected chi connectivity index (χ2v) is 4.97. The van der Waals surface area contributed by atoms with E-state index in [1.807, 2.05) is 6.92 Å². The van der Waals surface area contributed by atoms with Crippen LogP contribution in [0.3, 0.4) is 0 Å². The maximum atomic E-state index is 11.9. The number of nitrogens with two attached hydrogens (primary N) is 1. The Hall–Kier alpha value is -1.89. The number of rotatable bonds is 2. The number of hydrogen-bond acceptors (Lipinski definition) is 5. The molecule has 19 heavy (non-hydrogen) atoms. The molecule has 3 rings (SSSR count). The third kappa shape index (κ3) is 2.21. The number of aryl methyl sites for hydroxylation is 1. The molecule has 3 N–H and O–H groups in total. The summed E-state index contributed by atoms with van der Waals surface area (Å²) in [5.74, 6) is 1.10. The quantitative estimate of drug-likeness (QED) is 0.789. The molecule has 1 fully saturated rings. The van der Waals surface area contributed by atoms with Gasteiger partial charge < -0.3 is 10.6 Å². The Labute approximate surface area is 110 Å². The number of piperidine rings is 1. The molecule has 7 nitrogen and oxygen atoms in total. The molecule has 2 aromatic heterocycles. The first kappa shape index (κ1) is 12.2. The maximum absolute atomic E-state index is 11.9. The van der Waals surface area contributed by atoms with Crippen molar-refractivity contribution in [2.75, 3.05) is 18.0 Å². The fraction of sp³-hybridized carbons (Fsp3) is 0.583. The third-order valence-electron chi connectivity index (χ3n) is 3.49. The van der Waals surface area contributed by atoms with Gasteiger partial charge in [0.25, 0.3) is 11.3 Å². The summed E-state index contributed by atoms with van der Waals surface area (Å²) in [6.45, 7) is 3.63. The Morgan fingerprint density at radius 2 is 2.37 bits per heavy atom. The van der Waals surface area contributed by atoms with Gasteiger partial charge in [-0.05, 0) is 19.3 Å². The van der Waals surface area contributed by atoms with Crippen LogP contribution in [-0.4, -0.2) is 38.7 Å². The van der Waals surface area contributed by atoms with E-state index in [0.29, 0.717) is 11.7 Å². The summed E-state index contributed by atoms with van der Waals surface area (Å²) >= 11 is 0. The highest BCUT2D eigenvalue weighted by Gasteiger charge is 2.20. The standard InChI is InChI=1S/C12H18N6O/c1-2-9-6-10(19)18-11(14-9)15-12(16-18)17-5-3-4-8(13)7-17/h6,8H,2-5,7,13H2,1H3,(H,14,15,16)/t8-/m0/s1. The lowest BCUT2D eigenvalue weighted by atomic mass is 10.1. The Kier molecular flexibility index (Phi) is 2.98. The Morgan fingerprint density at radius 1 is 1.53 bits per heavy atom. The number of nitrogens with zero attached hydrogens (tertiary/aromatic N) is 4. The molecule has 102 valence electrons. The molecular weight excluding hydrogens is 244 g/mol. The van der Waals surface area contributed by atoms with Crippen molar-refractivity contribution in [1.82, 2.24) is 19.6 Å². The first-order chi connectivity index (χ1) is 9.17. The van der Waals surface area contributed by atoms with E-state index in [1.165, 1.54) is 10.6 Å². The minimum absolute atomic E-state index is 0.123. The molecule has 1 aliphatic heterocycles. The van der Waals surface area contributed by atoms with Gasteiger partial charge in [0, 0.05) is 30.9 Å². The lowest BCUT2D eigenvalue weighted by molar-refractivity contribution is 0.500. The minimum Gasteiger partial charge on any atom is -0.340 e. The van der Waals surface area contributed by atoms with Gasteiger partial charge in [-0.1, -0.05) is 6.92 Å². The molecule has 0 amide bonds. The molecule has 1 atom stereocenters. The summed E-state index contributed by atoms with van der Waals surface area (Å²) in [5, 5.41) is 3.01. The van der Waals surface area contributed by atoms with Crippen molar-refractivity contribution in [2.45, 2.75) is 32.2 Å².